The highest BCUT2D eigenvalue weighted by Crippen LogP contribution is 2.20. The second-order valence-electron chi connectivity index (χ2n) is 5.45. The van der Waals surface area contributed by atoms with Crippen LogP contribution in [-0.2, 0) is 25.9 Å². The maximum atomic E-state index is 11.8. The van der Waals surface area contributed by atoms with Crippen molar-refractivity contribution >= 4 is 21.7 Å². The van der Waals surface area contributed by atoms with Crippen LogP contribution in [-0.4, -0.2) is 55.5 Å². The number of rotatable bonds is 8. The molecule has 10 nitrogen and oxygen atoms in total. The Morgan fingerprint density at radius 1 is 1.32 bits per heavy atom. The molecule has 2 rings (SSSR count). The lowest BCUT2D eigenvalue weighted by molar-refractivity contribution is -0.384. The fourth-order valence-electron chi connectivity index (χ4n) is 2.27. The lowest BCUT2D eigenvalue weighted by Crippen LogP contribution is -2.59. The van der Waals surface area contributed by atoms with Crippen molar-refractivity contribution in [2.45, 2.75) is 12.0 Å². The second kappa shape index (κ2) is 8.23. The first-order chi connectivity index (χ1) is 11.8. The molecule has 0 saturated carbocycles. The van der Waals surface area contributed by atoms with Gasteiger partial charge in [-0.1, -0.05) is 0 Å². The van der Waals surface area contributed by atoms with E-state index in [1.807, 2.05) is 0 Å². The monoisotopic (exact) mass is 374 g/mol. The molecule has 1 heterocycles. The van der Waals surface area contributed by atoms with Crippen LogP contribution in [0.2, 0.25) is 0 Å². The van der Waals surface area contributed by atoms with Crippen LogP contribution in [0.1, 0.15) is 5.56 Å². The Balaban J connectivity index is 1.75. The molecule has 2 unspecified atom stereocenters. The molecule has 1 aliphatic rings. The van der Waals surface area contributed by atoms with E-state index in [9.17, 15) is 23.3 Å². The molecule has 1 aromatic carbocycles. The number of nitro benzene ring substituents is 1. The first-order valence-electron chi connectivity index (χ1n) is 7.42. The molecule has 2 atom stereocenters. The summed E-state index contributed by atoms with van der Waals surface area (Å²) >= 11 is 0. The minimum Gasteiger partial charge on any atom is -0.434 e. The quantitative estimate of drug-likeness (QED) is 0.370. The minimum atomic E-state index is -3.49. The molecule has 0 bridgehead atoms. The number of aliphatic hydroxyl groups excluding tert-OH is 1. The smallest absolute Gasteiger partial charge is 0.434 e. The van der Waals surface area contributed by atoms with Crippen molar-refractivity contribution in [2.75, 3.05) is 25.5 Å². The molecule has 0 radical (unpaired) electrons. The maximum absolute atomic E-state index is 11.8. The van der Waals surface area contributed by atoms with Crippen LogP contribution in [0.15, 0.2) is 24.3 Å². The number of benzene rings is 1. The summed E-state index contributed by atoms with van der Waals surface area (Å²) < 4.78 is 33.4. The van der Waals surface area contributed by atoms with E-state index in [4.69, 9.17) is 14.6 Å². The maximum Gasteiger partial charge on any atom is 0.508 e. The Morgan fingerprint density at radius 3 is 2.52 bits per heavy atom. The number of ether oxygens (including phenoxy) is 2. The van der Waals surface area contributed by atoms with Crippen LogP contribution in [0.4, 0.5) is 10.5 Å². The lowest BCUT2D eigenvalue weighted by atomic mass is 10.1. The molecule has 1 saturated heterocycles. The fraction of sp³-hybridized carbons (Fsp3) is 0.500. The predicted molar refractivity (Wildman–Crippen MR) is 85.4 cm³/mol. The summed E-state index contributed by atoms with van der Waals surface area (Å²) in [5.41, 5.74) is 0.482. The second-order valence-corrected chi connectivity index (χ2v) is 7.69. The van der Waals surface area contributed by atoms with E-state index in [0.29, 0.717) is 12.1 Å². The molecule has 0 amide bonds. The third kappa shape index (κ3) is 5.11. The highest BCUT2D eigenvalue weighted by Gasteiger charge is 2.40. The highest BCUT2D eigenvalue weighted by atomic mass is 32.2. The van der Waals surface area contributed by atoms with Crippen molar-refractivity contribution in [3.63, 3.8) is 0 Å². The van der Waals surface area contributed by atoms with Gasteiger partial charge in [-0.25, -0.2) is 13.2 Å². The molecule has 1 aromatic rings. The number of nitro groups is 1. The van der Waals surface area contributed by atoms with Crippen LogP contribution < -0.4 is 5.32 Å². The number of hydrogen-bond donors (Lipinski definition) is 2. The number of non-ortho nitro benzene ring substituents is 1. The molecule has 1 fully saturated rings. The van der Waals surface area contributed by atoms with Gasteiger partial charge in [-0.15, -0.1) is 0 Å². The Labute approximate surface area is 143 Å². The Morgan fingerprint density at radius 2 is 2.00 bits per heavy atom. The van der Waals surface area contributed by atoms with E-state index in [0.717, 1.165) is 0 Å². The zero-order chi connectivity index (χ0) is 18.4. The first kappa shape index (κ1) is 19.1. The fourth-order valence-corrected chi connectivity index (χ4v) is 3.89. The summed E-state index contributed by atoms with van der Waals surface area (Å²) in [6, 6.07) is 5.50. The molecule has 11 heteroatoms. The molecule has 1 aliphatic heterocycles. The standard InChI is InChI=1S/C14H18N2O8S/c17-5-6-25(21,22)13-11(7-15-13)9-24-14(18)23-8-10-1-3-12(4-2-10)16(19)20/h1-4,11,13,15,17H,5-9H2. The first-order valence-corrected chi connectivity index (χ1v) is 9.13. The summed E-state index contributed by atoms with van der Waals surface area (Å²) in [5.74, 6) is -0.755. The van der Waals surface area contributed by atoms with Crippen molar-refractivity contribution in [1.82, 2.24) is 5.32 Å². The van der Waals surface area contributed by atoms with Crippen molar-refractivity contribution in [3.05, 3.63) is 39.9 Å². The predicted octanol–water partition coefficient (Wildman–Crippen LogP) is 0.201. The summed E-state index contributed by atoms with van der Waals surface area (Å²) in [6.07, 6.45) is -0.955. The van der Waals surface area contributed by atoms with Gasteiger partial charge in [-0.05, 0) is 17.7 Å². The van der Waals surface area contributed by atoms with Crippen LogP contribution in [0.3, 0.4) is 0 Å². The van der Waals surface area contributed by atoms with Crippen LogP contribution in [0, 0.1) is 16.0 Å². The summed E-state index contributed by atoms with van der Waals surface area (Å²) in [6.45, 7) is -0.330. The van der Waals surface area contributed by atoms with E-state index in [2.05, 4.69) is 5.32 Å². The van der Waals surface area contributed by atoms with Crippen LogP contribution >= 0.6 is 0 Å². The van der Waals surface area contributed by atoms with Crippen LogP contribution in [0.25, 0.3) is 0 Å². The Bertz CT molecular complexity index is 719. The van der Waals surface area contributed by atoms with Gasteiger partial charge in [-0.2, -0.15) is 0 Å². The average Bonchev–Trinajstić information content (AvgIpc) is 2.51. The molecule has 2 N–H and O–H groups in total. The van der Waals surface area contributed by atoms with Gasteiger partial charge in [0, 0.05) is 24.6 Å². The Hall–Kier alpha value is -2.24. The summed E-state index contributed by atoms with van der Waals surface area (Å²) in [4.78, 5) is 21.6. The van der Waals surface area contributed by atoms with Gasteiger partial charge in [0.05, 0.1) is 17.3 Å². The normalized spacial score (nSPS) is 19.7. The van der Waals surface area contributed by atoms with Gasteiger partial charge in [0.2, 0.25) is 0 Å². The minimum absolute atomic E-state index is 0.0704. The van der Waals surface area contributed by atoms with E-state index in [1.54, 1.807) is 0 Å². The van der Waals surface area contributed by atoms with E-state index >= 15 is 0 Å². The zero-order valence-electron chi connectivity index (χ0n) is 13.2. The van der Waals surface area contributed by atoms with Crippen molar-refractivity contribution in [3.8, 4) is 0 Å². The van der Waals surface area contributed by atoms with Crippen molar-refractivity contribution < 1.29 is 32.7 Å². The Kier molecular flexibility index (Phi) is 6.28. The lowest BCUT2D eigenvalue weighted by Gasteiger charge is -2.36. The highest BCUT2D eigenvalue weighted by molar-refractivity contribution is 7.92. The number of carbonyl (C=O) groups excluding carboxylic acids is 1. The molecular weight excluding hydrogens is 356 g/mol. The number of hydrogen-bond acceptors (Lipinski definition) is 9. The SMILES string of the molecule is O=C(OCc1ccc([N+](=O)[O-])cc1)OCC1CNC1S(=O)(=O)CCO. The molecule has 138 valence electrons. The van der Waals surface area contributed by atoms with Gasteiger partial charge in [0.25, 0.3) is 5.69 Å². The topological polar surface area (TPSA) is 145 Å². The summed E-state index contributed by atoms with van der Waals surface area (Å²) in [5, 5.41) is 21.2. The molecule has 0 spiro atoms. The largest absolute Gasteiger partial charge is 0.508 e. The molecular formula is C14H18N2O8S. The van der Waals surface area contributed by atoms with Gasteiger partial charge < -0.3 is 19.9 Å². The molecule has 25 heavy (non-hydrogen) atoms. The van der Waals surface area contributed by atoms with Crippen molar-refractivity contribution in [1.29, 1.82) is 0 Å². The van der Waals surface area contributed by atoms with Gasteiger partial charge in [0.1, 0.15) is 18.6 Å². The van der Waals surface area contributed by atoms with Crippen LogP contribution in [0.5, 0.6) is 0 Å². The number of nitrogens with one attached hydrogen (secondary N) is 1. The third-order valence-electron chi connectivity index (χ3n) is 3.69. The summed E-state index contributed by atoms with van der Waals surface area (Å²) in [7, 11) is -3.49. The zero-order valence-corrected chi connectivity index (χ0v) is 14.0. The third-order valence-corrected chi connectivity index (χ3v) is 5.77. The van der Waals surface area contributed by atoms with Gasteiger partial charge in [-0.3, -0.25) is 10.1 Å². The number of nitrogens with zero attached hydrogens (tertiary/aromatic N) is 1. The number of carbonyl (C=O) groups is 1. The van der Waals surface area contributed by atoms with Gasteiger partial charge >= 0.3 is 6.16 Å². The number of aliphatic hydroxyl groups is 1. The molecule has 0 aromatic heterocycles. The van der Waals surface area contributed by atoms with E-state index < -0.39 is 38.8 Å². The van der Waals surface area contributed by atoms with Crippen molar-refractivity contribution in [2.24, 2.45) is 5.92 Å². The number of sulfone groups is 1. The van der Waals surface area contributed by atoms with E-state index in [1.165, 1.54) is 24.3 Å². The van der Waals surface area contributed by atoms with E-state index in [-0.39, 0.29) is 24.7 Å². The molecule has 0 aliphatic carbocycles. The van der Waals surface area contributed by atoms with Gasteiger partial charge in [0.15, 0.2) is 9.84 Å². The average molecular weight is 374 g/mol.